The van der Waals surface area contributed by atoms with Crippen LogP contribution in [0.15, 0.2) is 51.8 Å². The third-order valence-electron chi connectivity index (χ3n) is 6.65. The Labute approximate surface area is 225 Å². The second-order valence-corrected chi connectivity index (χ2v) is 11.1. The molecule has 0 aliphatic heterocycles. The average Bonchev–Trinajstić information content (AvgIpc) is 3.16. The van der Waals surface area contributed by atoms with Crippen molar-refractivity contribution >= 4 is 44.6 Å². The smallest absolute Gasteiger partial charge is 0.340 e. The van der Waals surface area contributed by atoms with Crippen LogP contribution in [0.2, 0.25) is 0 Å². The Bertz CT molecular complexity index is 1160. The van der Waals surface area contributed by atoms with E-state index in [9.17, 15) is 9.90 Å². The van der Waals surface area contributed by atoms with Crippen LogP contribution in [-0.4, -0.2) is 47.5 Å². The van der Waals surface area contributed by atoms with E-state index in [0.717, 1.165) is 26.0 Å². The fourth-order valence-electron chi connectivity index (χ4n) is 4.72. The number of ether oxygens (including phenoxy) is 2. The van der Waals surface area contributed by atoms with Crippen LogP contribution in [0.3, 0.4) is 0 Å². The minimum Gasteiger partial charge on any atom is -0.490 e. The number of carbonyl (C=O) groups excluding carboxylic acids is 1. The van der Waals surface area contributed by atoms with Crippen molar-refractivity contribution < 1.29 is 19.4 Å². The third kappa shape index (κ3) is 6.65. The molecule has 8 heteroatoms. The molecule has 1 saturated carbocycles. The van der Waals surface area contributed by atoms with Gasteiger partial charge in [0.05, 0.1) is 22.2 Å². The number of benzene rings is 2. The van der Waals surface area contributed by atoms with Crippen LogP contribution in [0.25, 0.3) is 10.9 Å². The van der Waals surface area contributed by atoms with E-state index in [0.29, 0.717) is 36.3 Å². The number of hydrogen-bond donors (Lipinski definition) is 2. The summed E-state index contributed by atoms with van der Waals surface area (Å²) in [4.78, 5) is 14.2. The summed E-state index contributed by atoms with van der Waals surface area (Å²) in [5, 5.41) is 14.8. The minimum atomic E-state index is -0.618. The summed E-state index contributed by atoms with van der Waals surface area (Å²) in [5.74, 6) is 0.886. The van der Waals surface area contributed by atoms with Crippen molar-refractivity contribution in [2.75, 3.05) is 19.8 Å². The van der Waals surface area contributed by atoms with Crippen LogP contribution in [0, 0.1) is 0 Å². The molecule has 0 saturated heterocycles. The molecule has 4 rings (SSSR count). The first-order valence-corrected chi connectivity index (χ1v) is 14.5. The molecular weight excluding hydrogens is 540 g/mol. The zero-order valence-electron chi connectivity index (χ0n) is 21.0. The van der Waals surface area contributed by atoms with Crippen LogP contribution in [0.1, 0.15) is 55.1 Å². The Balaban J connectivity index is 1.53. The molecule has 1 aliphatic carbocycles. The number of fused-ring (bicyclic) bond motifs is 1. The summed E-state index contributed by atoms with van der Waals surface area (Å²) in [5.41, 5.74) is 2.38. The Morgan fingerprint density at radius 3 is 2.69 bits per heavy atom. The number of aliphatic hydroxyl groups is 1. The number of hydrogen-bond acceptors (Lipinski definition) is 6. The first-order valence-electron chi connectivity index (χ1n) is 12.7. The fraction of sp³-hybridized carbons (Fsp3) is 0.464. The highest BCUT2D eigenvalue weighted by atomic mass is 79.9. The van der Waals surface area contributed by atoms with Crippen molar-refractivity contribution in [3.8, 4) is 5.75 Å². The van der Waals surface area contributed by atoms with Crippen molar-refractivity contribution in [3.63, 3.8) is 0 Å². The van der Waals surface area contributed by atoms with Gasteiger partial charge in [-0.15, -0.1) is 11.8 Å². The lowest BCUT2D eigenvalue weighted by atomic mass is 9.95. The molecule has 194 valence electrons. The van der Waals surface area contributed by atoms with Crippen LogP contribution >= 0.6 is 27.7 Å². The highest BCUT2D eigenvalue weighted by Crippen LogP contribution is 2.37. The first-order chi connectivity index (χ1) is 17.5. The number of carbonyl (C=O) groups is 1. The number of thioether (sulfide) groups is 1. The number of rotatable bonds is 11. The van der Waals surface area contributed by atoms with Gasteiger partial charge < -0.3 is 24.5 Å². The zero-order valence-corrected chi connectivity index (χ0v) is 23.4. The van der Waals surface area contributed by atoms with Crippen LogP contribution in [0.5, 0.6) is 5.75 Å². The van der Waals surface area contributed by atoms with Gasteiger partial charge in [0.1, 0.15) is 18.5 Å². The van der Waals surface area contributed by atoms with Crippen LogP contribution in [0.4, 0.5) is 0 Å². The number of nitrogens with one attached hydrogen (secondary N) is 1. The summed E-state index contributed by atoms with van der Waals surface area (Å²) in [6.45, 7) is 2.79. The minimum absolute atomic E-state index is 0.169. The van der Waals surface area contributed by atoms with E-state index in [-0.39, 0.29) is 12.6 Å². The van der Waals surface area contributed by atoms with E-state index in [1.54, 1.807) is 11.8 Å². The fourth-order valence-corrected chi connectivity index (χ4v) is 6.16. The van der Waals surface area contributed by atoms with Gasteiger partial charge in [-0.3, -0.25) is 0 Å². The number of aliphatic hydroxyl groups excluding tert-OH is 1. The molecule has 2 aromatic carbocycles. The van der Waals surface area contributed by atoms with Gasteiger partial charge in [-0.25, -0.2) is 4.79 Å². The molecule has 2 N–H and O–H groups in total. The van der Waals surface area contributed by atoms with Gasteiger partial charge in [0.25, 0.3) is 0 Å². The van der Waals surface area contributed by atoms with Gasteiger partial charge in [0.15, 0.2) is 0 Å². The molecule has 0 bridgehead atoms. The summed E-state index contributed by atoms with van der Waals surface area (Å²) in [7, 11) is 1.97. The number of aromatic nitrogens is 1. The quantitative estimate of drug-likeness (QED) is 0.214. The Morgan fingerprint density at radius 1 is 1.22 bits per heavy atom. The molecule has 1 unspecified atom stereocenters. The number of nitrogens with zero attached hydrogens (tertiary/aromatic N) is 1. The van der Waals surface area contributed by atoms with Crippen molar-refractivity contribution in [1.82, 2.24) is 9.88 Å². The summed E-state index contributed by atoms with van der Waals surface area (Å²) < 4.78 is 14.3. The zero-order chi connectivity index (χ0) is 25.5. The van der Waals surface area contributed by atoms with Crippen molar-refractivity contribution in [1.29, 1.82) is 0 Å². The molecule has 1 aromatic heterocycles. The second-order valence-electron chi connectivity index (χ2n) is 9.21. The maximum absolute atomic E-state index is 13.1. The average molecular weight is 576 g/mol. The Kier molecular flexibility index (Phi) is 9.76. The Hall–Kier alpha value is -2.00. The van der Waals surface area contributed by atoms with Crippen molar-refractivity contribution in [2.24, 2.45) is 7.05 Å². The van der Waals surface area contributed by atoms with Gasteiger partial charge in [0, 0.05) is 41.4 Å². The number of esters is 1. The summed E-state index contributed by atoms with van der Waals surface area (Å²) >= 11 is 5.30. The van der Waals surface area contributed by atoms with Crippen molar-refractivity contribution in [2.45, 2.75) is 61.8 Å². The lowest BCUT2D eigenvalue weighted by Crippen LogP contribution is -2.39. The summed E-state index contributed by atoms with van der Waals surface area (Å²) in [6.07, 6.45) is 5.54. The molecule has 0 spiro atoms. The van der Waals surface area contributed by atoms with Gasteiger partial charge in [-0.1, -0.05) is 37.5 Å². The lowest BCUT2D eigenvalue weighted by molar-refractivity contribution is 0.0527. The number of aryl methyl sites for hydroxylation is 1. The largest absolute Gasteiger partial charge is 0.490 e. The molecule has 36 heavy (non-hydrogen) atoms. The van der Waals surface area contributed by atoms with Crippen LogP contribution < -0.4 is 10.1 Å². The van der Waals surface area contributed by atoms with Gasteiger partial charge in [0.2, 0.25) is 0 Å². The molecule has 0 radical (unpaired) electrons. The van der Waals surface area contributed by atoms with Gasteiger partial charge in [-0.2, -0.15) is 0 Å². The van der Waals surface area contributed by atoms with E-state index >= 15 is 0 Å². The van der Waals surface area contributed by atoms with E-state index in [2.05, 4.69) is 37.9 Å². The molecule has 0 amide bonds. The molecule has 3 aromatic rings. The van der Waals surface area contributed by atoms with Crippen molar-refractivity contribution in [3.05, 3.63) is 58.2 Å². The first kappa shape index (κ1) is 27.0. The van der Waals surface area contributed by atoms with Gasteiger partial charge >= 0.3 is 5.97 Å². The maximum Gasteiger partial charge on any atom is 0.340 e. The van der Waals surface area contributed by atoms with E-state index in [4.69, 9.17) is 9.47 Å². The second kappa shape index (κ2) is 13.0. The summed E-state index contributed by atoms with van der Waals surface area (Å²) in [6, 6.07) is 14.5. The molecular formula is C28H35BrN2O4S. The molecule has 1 aliphatic rings. The third-order valence-corrected chi connectivity index (χ3v) is 8.29. The van der Waals surface area contributed by atoms with E-state index < -0.39 is 6.10 Å². The molecule has 1 heterocycles. The van der Waals surface area contributed by atoms with E-state index in [1.807, 2.05) is 44.3 Å². The Morgan fingerprint density at radius 2 is 1.97 bits per heavy atom. The molecule has 6 nitrogen and oxygen atoms in total. The monoisotopic (exact) mass is 574 g/mol. The lowest BCUT2D eigenvalue weighted by Gasteiger charge is -2.24. The predicted molar refractivity (Wildman–Crippen MR) is 149 cm³/mol. The molecule has 1 atom stereocenters. The topological polar surface area (TPSA) is 72.7 Å². The van der Waals surface area contributed by atoms with Gasteiger partial charge in [-0.05, 0) is 60.0 Å². The molecule has 1 fully saturated rings. The SMILES string of the molecule is CCOC(=O)c1c(CSc2ccccc2)n(C)c2cc(Br)c(OCC(O)CNC3CCCCC3)cc12. The highest BCUT2D eigenvalue weighted by molar-refractivity contribution is 9.10. The standard InChI is InChI=1S/C28H35BrN2O4S/c1-3-34-28(33)27-22-14-26(35-17-20(32)16-30-19-10-6-4-7-11-19)23(29)15-24(22)31(2)25(27)18-36-21-12-8-5-9-13-21/h5,8-9,12-15,19-20,30,32H,3-4,6-7,10-11,16-18H2,1-2H3. The predicted octanol–water partition coefficient (Wildman–Crippen LogP) is 6.07. The highest BCUT2D eigenvalue weighted by Gasteiger charge is 2.24. The van der Waals surface area contributed by atoms with E-state index in [1.165, 1.54) is 32.1 Å². The van der Waals surface area contributed by atoms with Crippen LogP contribution in [-0.2, 0) is 17.5 Å². The maximum atomic E-state index is 13.1. The normalized spacial score (nSPS) is 15.2. The number of halogens is 1.